The van der Waals surface area contributed by atoms with Gasteiger partial charge in [-0.05, 0) is 43.0 Å². The number of aryl methyl sites for hydroxylation is 3. The zero-order chi connectivity index (χ0) is 33.1. The number of hydrogen-bond donors (Lipinski definition) is 2. The topological polar surface area (TPSA) is 111 Å². The van der Waals surface area contributed by atoms with Crippen molar-refractivity contribution in [2.75, 3.05) is 5.32 Å². The lowest BCUT2D eigenvalue weighted by Crippen LogP contribution is -2.33. The fraction of sp³-hybridized carbons (Fsp3) is 0.189. The molecule has 0 aliphatic carbocycles. The number of carbonyl (C=O) groups excluding carboxylic acids is 2. The Hall–Kier alpha value is -5.25. The average Bonchev–Trinajstić information content (AvgIpc) is 3.70. The number of nitrogens with zero attached hydrogens (tertiary/aromatic N) is 4. The van der Waals surface area contributed by atoms with Gasteiger partial charge in [0.2, 0.25) is 0 Å². The van der Waals surface area contributed by atoms with E-state index in [0.717, 1.165) is 11.1 Å². The fourth-order valence-electron chi connectivity index (χ4n) is 5.86. The van der Waals surface area contributed by atoms with E-state index in [-0.39, 0.29) is 22.8 Å². The summed E-state index contributed by atoms with van der Waals surface area (Å²) in [4.78, 5) is 32.0. The third kappa shape index (κ3) is 6.03. The minimum absolute atomic E-state index is 0.0773. The largest absolute Gasteiger partial charge is 0.457 e. The van der Waals surface area contributed by atoms with Gasteiger partial charge in [-0.2, -0.15) is 5.10 Å². The van der Waals surface area contributed by atoms with Gasteiger partial charge in [-0.3, -0.25) is 9.48 Å². The van der Waals surface area contributed by atoms with E-state index in [9.17, 15) is 14.7 Å². The number of esters is 1. The number of carbonyl (C=O) groups is 2. The quantitative estimate of drug-likeness (QED) is 0.155. The lowest BCUT2D eigenvalue weighted by Gasteiger charge is -2.31. The van der Waals surface area contributed by atoms with Crippen molar-refractivity contribution in [2.45, 2.75) is 45.9 Å². The number of fused-ring (bicyclic) bond motifs is 1. The maximum absolute atomic E-state index is 13.7. The third-order valence-electron chi connectivity index (χ3n) is 8.23. The molecule has 238 valence electrons. The molecule has 0 saturated heterocycles. The highest BCUT2D eigenvalue weighted by molar-refractivity contribution is 6.34. The van der Waals surface area contributed by atoms with Crippen LogP contribution in [0.4, 0.5) is 5.69 Å². The van der Waals surface area contributed by atoms with Crippen LogP contribution >= 0.6 is 11.6 Å². The van der Waals surface area contributed by atoms with E-state index in [2.05, 4.69) is 10.4 Å². The van der Waals surface area contributed by atoms with Gasteiger partial charge in [-0.15, -0.1) is 0 Å². The standard InChI is InChI=1S/C37H34ClN5O4/c1-4-32-34(41-33-19-31(38)28(22-43(32)33)35(44)40-26-20-39-42(5-2)21-26)37(46,29-17-11-9-13-24(29)3)30-18-12-10-16-27(30)36(45)47-23-25-14-7-6-8-15-25/h6-22,46H,4-5,23H2,1-3H3,(H,40,44). The molecule has 0 bridgehead atoms. The van der Waals surface area contributed by atoms with E-state index in [4.69, 9.17) is 21.3 Å². The summed E-state index contributed by atoms with van der Waals surface area (Å²) in [6.45, 7) is 6.54. The molecule has 47 heavy (non-hydrogen) atoms. The Morgan fingerprint density at radius 2 is 1.64 bits per heavy atom. The summed E-state index contributed by atoms with van der Waals surface area (Å²) in [5.41, 5.74) is 3.01. The average molecular weight is 648 g/mol. The number of rotatable bonds is 10. The molecule has 0 fully saturated rings. The number of hydrogen-bond acceptors (Lipinski definition) is 6. The minimum atomic E-state index is -1.88. The van der Waals surface area contributed by atoms with Crippen LogP contribution in [0, 0.1) is 6.92 Å². The maximum Gasteiger partial charge on any atom is 0.338 e. The molecule has 3 heterocycles. The van der Waals surface area contributed by atoms with Crippen LogP contribution in [-0.2, 0) is 29.9 Å². The molecule has 3 aromatic carbocycles. The van der Waals surface area contributed by atoms with Crippen molar-refractivity contribution in [3.8, 4) is 0 Å². The monoisotopic (exact) mass is 647 g/mol. The lowest BCUT2D eigenvalue weighted by molar-refractivity contribution is 0.0458. The number of benzene rings is 3. The Kier molecular flexibility index (Phi) is 8.93. The van der Waals surface area contributed by atoms with E-state index in [1.807, 2.05) is 75.4 Å². The zero-order valence-electron chi connectivity index (χ0n) is 26.3. The first-order valence-electron chi connectivity index (χ1n) is 15.4. The van der Waals surface area contributed by atoms with E-state index in [0.29, 0.717) is 46.8 Å². The van der Waals surface area contributed by atoms with Crippen LogP contribution in [0.25, 0.3) is 5.65 Å². The number of halogens is 1. The highest BCUT2D eigenvalue weighted by Gasteiger charge is 2.42. The second-order valence-corrected chi connectivity index (χ2v) is 11.6. The van der Waals surface area contributed by atoms with Crippen molar-refractivity contribution in [1.29, 1.82) is 0 Å². The summed E-state index contributed by atoms with van der Waals surface area (Å²) in [5.74, 6) is -0.989. The molecular weight excluding hydrogens is 614 g/mol. The number of imidazole rings is 1. The van der Waals surface area contributed by atoms with Gasteiger partial charge in [0.15, 0.2) is 5.60 Å². The van der Waals surface area contributed by atoms with Crippen LogP contribution in [0.2, 0.25) is 5.02 Å². The predicted octanol–water partition coefficient (Wildman–Crippen LogP) is 6.97. The highest BCUT2D eigenvalue weighted by Crippen LogP contribution is 2.42. The summed E-state index contributed by atoms with van der Waals surface area (Å²) in [7, 11) is 0. The van der Waals surface area contributed by atoms with Crippen molar-refractivity contribution in [2.24, 2.45) is 0 Å². The second-order valence-electron chi connectivity index (χ2n) is 11.2. The van der Waals surface area contributed by atoms with Crippen LogP contribution in [-0.4, -0.2) is 36.1 Å². The number of anilines is 1. The van der Waals surface area contributed by atoms with Gasteiger partial charge < -0.3 is 19.6 Å². The molecule has 6 aromatic rings. The summed E-state index contributed by atoms with van der Waals surface area (Å²) in [6, 6.07) is 25.3. The summed E-state index contributed by atoms with van der Waals surface area (Å²) in [5, 5.41) is 20.4. The van der Waals surface area contributed by atoms with E-state index < -0.39 is 17.5 Å². The SMILES string of the molecule is CCc1c(C(O)(c2ccccc2C)c2ccccc2C(=O)OCc2ccccc2)nc2cc(Cl)c(C(=O)Nc3cnn(CC)c3)cn12. The van der Waals surface area contributed by atoms with Gasteiger partial charge >= 0.3 is 5.97 Å². The molecule has 10 heteroatoms. The van der Waals surface area contributed by atoms with Crippen molar-refractivity contribution < 1.29 is 19.4 Å². The van der Waals surface area contributed by atoms with Gasteiger partial charge in [0, 0.05) is 36.3 Å². The Bertz CT molecular complexity index is 2090. The Morgan fingerprint density at radius 3 is 2.34 bits per heavy atom. The van der Waals surface area contributed by atoms with Crippen LogP contribution in [0.5, 0.6) is 0 Å². The molecule has 6 rings (SSSR count). The highest BCUT2D eigenvalue weighted by atomic mass is 35.5. The van der Waals surface area contributed by atoms with Crippen molar-refractivity contribution >= 4 is 34.8 Å². The smallest absolute Gasteiger partial charge is 0.338 e. The molecule has 0 spiro atoms. The third-order valence-corrected chi connectivity index (χ3v) is 8.54. The van der Waals surface area contributed by atoms with E-state index >= 15 is 0 Å². The summed E-state index contributed by atoms with van der Waals surface area (Å²) in [6.07, 6.45) is 5.38. The summed E-state index contributed by atoms with van der Waals surface area (Å²) < 4.78 is 9.22. The normalized spacial score (nSPS) is 12.5. The molecular formula is C37H34ClN5O4. The molecule has 9 nitrogen and oxygen atoms in total. The molecule has 3 aromatic heterocycles. The van der Waals surface area contributed by atoms with Crippen molar-refractivity contribution in [1.82, 2.24) is 19.2 Å². The van der Waals surface area contributed by atoms with Gasteiger partial charge in [0.05, 0.1) is 28.0 Å². The minimum Gasteiger partial charge on any atom is -0.457 e. The Morgan fingerprint density at radius 1 is 0.936 bits per heavy atom. The Balaban J connectivity index is 1.49. The van der Waals surface area contributed by atoms with Crippen LogP contribution in [0.1, 0.15) is 68.2 Å². The number of amides is 1. The number of ether oxygens (including phenoxy) is 1. The number of aliphatic hydroxyl groups is 1. The first-order chi connectivity index (χ1) is 22.7. The van der Waals surface area contributed by atoms with Crippen molar-refractivity contribution in [3.05, 3.63) is 153 Å². The number of nitrogens with one attached hydrogen (secondary N) is 1. The predicted molar refractivity (Wildman–Crippen MR) is 181 cm³/mol. The fourth-order valence-corrected chi connectivity index (χ4v) is 6.10. The lowest BCUT2D eigenvalue weighted by atomic mass is 9.78. The van der Waals surface area contributed by atoms with Gasteiger partial charge in [0.25, 0.3) is 5.91 Å². The first-order valence-corrected chi connectivity index (χ1v) is 15.8. The van der Waals surface area contributed by atoms with Crippen LogP contribution < -0.4 is 5.32 Å². The van der Waals surface area contributed by atoms with Gasteiger partial charge in [-0.25, -0.2) is 9.78 Å². The van der Waals surface area contributed by atoms with Crippen LogP contribution in [0.3, 0.4) is 0 Å². The van der Waals surface area contributed by atoms with Crippen LogP contribution in [0.15, 0.2) is 104 Å². The molecule has 0 radical (unpaired) electrons. The molecule has 0 saturated carbocycles. The van der Waals surface area contributed by atoms with E-state index in [1.54, 1.807) is 58.0 Å². The molecule has 0 aliphatic heterocycles. The van der Waals surface area contributed by atoms with Crippen molar-refractivity contribution in [3.63, 3.8) is 0 Å². The van der Waals surface area contributed by atoms with Gasteiger partial charge in [-0.1, -0.05) is 91.3 Å². The van der Waals surface area contributed by atoms with Gasteiger partial charge in [0.1, 0.15) is 17.9 Å². The summed E-state index contributed by atoms with van der Waals surface area (Å²) >= 11 is 6.67. The molecule has 1 amide bonds. The van der Waals surface area contributed by atoms with E-state index in [1.165, 1.54) is 0 Å². The maximum atomic E-state index is 13.7. The number of pyridine rings is 1. The molecule has 1 unspecified atom stereocenters. The molecule has 1 atom stereocenters. The second kappa shape index (κ2) is 13.2. The Labute approximate surface area is 277 Å². The zero-order valence-corrected chi connectivity index (χ0v) is 27.0. The molecule has 2 N–H and O–H groups in total. The molecule has 0 aliphatic rings. The first kappa shape index (κ1) is 31.7. The number of aromatic nitrogens is 4.